The van der Waals surface area contributed by atoms with Gasteiger partial charge in [-0.3, -0.25) is 4.79 Å². The molecule has 4 heteroatoms. The molecule has 0 spiro atoms. The van der Waals surface area contributed by atoms with Crippen molar-refractivity contribution in [3.05, 3.63) is 35.4 Å². The Balaban J connectivity index is 1.92. The zero-order chi connectivity index (χ0) is 13.0. The van der Waals surface area contributed by atoms with E-state index in [-0.39, 0.29) is 17.8 Å². The number of benzene rings is 1. The minimum absolute atomic E-state index is 0.134. The van der Waals surface area contributed by atoms with Gasteiger partial charge in [0.25, 0.3) is 0 Å². The predicted octanol–water partition coefficient (Wildman–Crippen LogP) is 3.07. The van der Waals surface area contributed by atoms with Crippen LogP contribution in [0.1, 0.15) is 42.5 Å². The van der Waals surface area contributed by atoms with Crippen molar-refractivity contribution >= 4 is 5.78 Å². The van der Waals surface area contributed by atoms with E-state index in [9.17, 15) is 13.6 Å². The number of halogens is 2. The quantitative estimate of drug-likeness (QED) is 0.835. The largest absolute Gasteiger partial charge is 0.314 e. The Bertz CT molecular complexity index is 428. The second kappa shape index (κ2) is 6.05. The smallest absolute Gasteiger partial charge is 0.165 e. The summed E-state index contributed by atoms with van der Waals surface area (Å²) < 4.78 is 26.4. The molecule has 0 aliphatic carbocycles. The molecule has 0 amide bonds. The average molecular weight is 253 g/mol. The summed E-state index contributed by atoms with van der Waals surface area (Å²) in [4.78, 5) is 11.8. The fraction of sp³-hybridized carbons (Fsp3) is 0.500. The molecule has 1 heterocycles. The molecule has 1 unspecified atom stereocenters. The van der Waals surface area contributed by atoms with Crippen LogP contribution in [0, 0.1) is 11.6 Å². The topological polar surface area (TPSA) is 29.1 Å². The minimum Gasteiger partial charge on any atom is -0.314 e. The number of Topliss-reactive ketones (excluding diaryl/α,β-unsaturated/α-hetero) is 1. The van der Waals surface area contributed by atoms with Crippen LogP contribution >= 0.6 is 0 Å². The molecule has 18 heavy (non-hydrogen) atoms. The van der Waals surface area contributed by atoms with Crippen molar-refractivity contribution in [3.63, 3.8) is 0 Å². The van der Waals surface area contributed by atoms with E-state index in [2.05, 4.69) is 5.32 Å². The molecule has 1 fully saturated rings. The van der Waals surface area contributed by atoms with Crippen LogP contribution in [0.25, 0.3) is 0 Å². The van der Waals surface area contributed by atoms with E-state index in [1.807, 2.05) is 0 Å². The Morgan fingerprint density at radius 3 is 2.89 bits per heavy atom. The van der Waals surface area contributed by atoms with E-state index in [1.165, 1.54) is 12.8 Å². The molecule has 1 atom stereocenters. The van der Waals surface area contributed by atoms with E-state index < -0.39 is 11.6 Å². The fourth-order valence-corrected chi connectivity index (χ4v) is 2.32. The molecular formula is C14H17F2NO. The summed E-state index contributed by atoms with van der Waals surface area (Å²) in [6, 6.07) is 3.33. The van der Waals surface area contributed by atoms with Crippen molar-refractivity contribution in [1.82, 2.24) is 5.32 Å². The maximum Gasteiger partial charge on any atom is 0.165 e. The van der Waals surface area contributed by atoms with E-state index in [4.69, 9.17) is 0 Å². The molecular weight excluding hydrogens is 236 g/mol. The Morgan fingerprint density at radius 1 is 1.33 bits per heavy atom. The Labute approximate surface area is 105 Å². The van der Waals surface area contributed by atoms with Crippen molar-refractivity contribution in [1.29, 1.82) is 0 Å². The average Bonchev–Trinajstić information content (AvgIpc) is 2.40. The molecule has 1 aromatic rings. The lowest BCUT2D eigenvalue weighted by Gasteiger charge is -2.23. The summed E-state index contributed by atoms with van der Waals surface area (Å²) in [6.45, 7) is 0.979. The summed E-state index contributed by atoms with van der Waals surface area (Å²) in [7, 11) is 0. The first-order chi connectivity index (χ1) is 8.66. The van der Waals surface area contributed by atoms with Gasteiger partial charge in [-0.15, -0.1) is 0 Å². The van der Waals surface area contributed by atoms with Gasteiger partial charge < -0.3 is 5.32 Å². The van der Waals surface area contributed by atoms with Gasteiger partial charge in [-0.05, 0) is 44.0 Å². The molecule has 1 aliphatic heterocycles. The van der Waals surface area contributed by atoms with E-state index in [1.54, 1.807) is 0 Å². The van der Waals surface area contributed by atoms with E-state index in [0.29, 0.717) is 12.5 Å². The Kier molecular flexibility index (Phi) is 4.42. The molecule has 1 N–H and O–H groups in total. The third-order valence-corrected chi connectivity index (χ3v) is 3.36. The molecule has 1 aromatic carbocycles. The van der Waals surface area contributed by atoms with Crippen LogP contribution in [-0.4, -0.2) is 18.4 Å². The highest BCUT2D eigenvalue weighted by Gasteiger charge is 2.17. The van der Waals surface area contributed by atoms with Crippen LogP contribution in [-0.2, 0) is 0 Å². The third kappa shape index (κ3) is 3.35. The highest BCUT2D eigenvalue weighted by Crippen LogP contribution is 2.16. The van der Waals surface area contributed by atoms with Gasteiger partial charge in [-0.2, -0.15) is 0 Å². The molecule has 98 valence electrons. The number of carbonyl (C=O) groups excluding carboxylic acids is 1. The summed E-state index contributed by atoms with van der Waals surface area (Å²) in [5.41, 5.74) is -0.134. The number of hydrogen-bond acceptors (Lipinski definition) is 2. The van der Waals surface area contributed by atoms with E-state index in [0.717, 1.165) is 31.2 Å². The molecule has 0 saturated carbocycles. The molecule has 0 bridgehead atoms. The number of piperidine rings is 1. The first-order valence-corrected chi connectivity index (χ1v) is 6.38. The Morgan fingerprint density at radius 2 is 2.17 bits per heavy atom. The van der Waals surface area contributed by atoms with E-state index >= 15 is 0 Å². The van der Waals surface area contributed by atoms with Gasteiger partial charge in [0, 0.05) is 12.5 Å². The van der Waals surface area contributed by atoms with Crippen molar-refractivity contribution < 1.29 is 13.6 Å². The zero-order valence-electron chi connectivity index (χ0n) is 10.2. The van der Waals surface area contributed by atoms with Gasteiger partial charge in [-0.1, -0.05) is 6.42 Å². The first-order valence-electron chi connectivity index (χ1n) is 6.38. The minimum atomic E-state index is -0.641. The highest BCUT2D eigenvalue weighted by atomic mass is 19.1. The summed E-state index contributed by atoms with van der Waals surface area (Å²) in [5.74, 6) is -1.53. The molecule has 2 nitrogen and oxygen atoms in total. The summed E-state index contributed by atoms with van der Waals surface area (Å²) >= 11 is 0. The number of carbonyl (C=O) groups is 1. The van der Waals surface area contributed by atoms with Crippen LogP contribution in [0.2, 0.25) is 0 Å². The lowest BCUT2D eigenvalue weighted by Crippen LogP contribution is -2.34. The summed E-state index contributed by atoms with van der Waals surface area (Å²) in [6.07, 6.45) is 4.34. The van der Waals surface area contributed by atoms with Crippen molar-refractivity contribution in [2.24, 2.45) is 0 Å². The second-order valence-corrected chi connectivity index (χ2v) is 4.73. The maximum absolute atomic E-state index is 13.4. The number of nitrogens with one attached hydrogen (secondary N) is 1. The van der Waals surface area contributed by atoms with Crippen LogP contribution in [0.4, 0.5) is 8.78 Å². The lowest BCUT2D eigenvalue weighted by atomic mass is 9.97. The predicted molar refractivity (Wildman–Crippen MR) is 65.6 cm³/mol. The second-order valence-electron chi connectivity index (χ2n) is 4.73. The maximum atomic E-state index is 13.4. The number of rotatable bonds is 4. The van der Waals surface area contributed by atoms with Crippen LogP contribution in [0.3, 0.4) is 0 Å². The van der Waals surface area contributed by atoms with Crippen LogP contribution < -0.4 is 5.32 Å². The number of hydrogen-bond donors (Lipinski definition) is 1. The molecule has 0 radical (unpaired) electrons. The third-order valence-electron chi connectivity index (χ3n) is 3.36. The number of ketones is 1. The van der Waals surface area contributed by atoms with Crippen molar-refractivity contribution in [2.45, 2.75) is 38.1 Å². The highest BCUT2D eigenvalue weighted by molar-refractivity contribution is 5.96. The molecule has 2 rings (SSSR count). The lowest BCUT2D eigenvalue weighted by molar-refractivity contribution is 0.0970. The van der Waals surface area contributed by atoms with Gasteiger partial charge in [0.05, 0.1) is 5.56 Å². The molecule has 1 saturated heterocycles. The Hall–Kier alpha value is -1.29. The van der Waals surface area contributed by atoms with Gasteiger partial charge in [0.1, 0.15) is 11.6 Å². The van der Waals surface area contributed by atoms with Gasteiger partial charge in [-0.25, -0.2) is 8.78 Å². The summed E-state index contributed by atoms with van der Waals surface area (Å²) in [5, 5.41) is 3.33. The monoisotopic (exact) mass is 253 g/mol. The first kappa shape index (κ1) is 13.1. The molecule has 1 aliphatic rings. The van der Waals surface area contributed by atoms with Crippen molar-refractivity contribution in [3.8, 4) is 0 Å². The van der Waals surface area contributed by atoms with Gasteiger partial charge in [0.15, 0.2) is 5.78 Å². The van der Waals surface area contributed by atoms with Gasteiger partial charge in [0.2, 0.25) is 0 Å². The molecule has 0 aromatic heterocycles. The SMILES string of the molecule is O=C(CCC1CCCCN1)c1cc(F)ccc1F. The zero-order valence-corrected chi connectivity index (χ0v) is 10.2. The normalized spacial score (nSPS) is 19.8. The van der Waals surface area contributed by atoms with Crippen LogP contribution in [0.15, 0.2) is 18.2 Å². The van der Waals surface area contributed by atoms with Crippen LogP contribution in [0.5, 0.6) is 0 Å². The fourth-order valence-electron chi connectivity index (χ4n) is 2.32. The van der Waals surface area contributed by atoms with Crippen molar-refractivity contribution in [2.75, 3.05) is 6.54 Å². The van der Waals surface area contributed by atoms with Gasteiger partial charge >= 0.3 is 0 Å². The standard InChI is InChI=1S/C14H17F2NO/c15-10-4-6-13(16)12(9-10)14(18)7-5-11-3-1-2-8-17-11/h4,6,9,11,17H,1-3,5,7-8H2.